The average Bonchev–Trinajstić information content (AvgIpc) is 0.967. The molecule has 0 radical (unpaired) electrons. The molecule has 0 atom stereocenters. The number of rotatable bonds is 108. The molecule has 0 aromatic heterocycles. The van der Waals surface area contributed by atoms with Crippen molar-refractivity contribution in [1.29, 1.82) is 0 Å². The summed E-state index contributed by atoms with van der Waals surface area (Å²) in [5, 5.41) is 0. The van der Waals surface area contributed by atoms with Crippen molar-refractivity contribution in [2.75, 3.05) is 79.3 Å². The monoisotopic (exact) mass is 2390 g/mol. The van der Waals surface area contributed by atoms with E-state index in [0.717, 1.165) is 77.0 Å². The van der Waals surface area contributed by atoms with E-state index in [1.165, 1.54) is 462 Å². The zero-order valence-electron chi connectivity index (χ0n) is 92.8. The average molecular weight is 2390 g/mol. The van der Waals surface area contributed by atoms with E-state index in [-0.39, 0.29) is 21.1 Å². The molecule has 840 valence electrons. The molecule has 0 N–H and O–H groups in total. The Bertz CT molecular complexity index is 2030. The van der Waals surface area contributed by atoms with Crippen molar-refractivity contribution in [2.24, 2.45) is 0 Å². The van der Waals surface area contributed by atoms with Crippen LogP contribution in [0, 0.1) is 0 Å². The van der Waals surface area contributed by atoms with Gasteiger partial charge < -0.3 is 128 Å². The van der Waals surface area contributed by atoms with Crippen molar-refractivity contribution in [2.45, 2.75) is 622 Å². The van der Waals surface area contributed by atoms with Crippen molar-refractivity contribution in [3.8, 4) is 0 Å². The largest absolute Gasteiger partial charge is 6.00 e. The maximum atomic E-state index is 5.64. The second-order valence-electron chi connectivity index (χ2n) is 38.1. The molecule has 0 amide bonds. The Morgan fingerprint density at radius 2 is 0.158 bits per heavy atom. The standard InChI is InChI=1S/6C18H39O2PS2.Mo/c6*1-3-5-7-9-11-13-15-17-19-21(22,23)20-18-16-14-12-10-8-6-4-2;/h6*3-18H2,1-2H3,(H,22,23);/q;;;;;;+6/p-6. The van der Waals surface area contributed by atoms with Gasteiger partial charge in [0.1, 0.15) is 0 Å². The molecule has 0 aromatic rings. The Morgan fingerprint density at radius 1 is 0.108 bits per heavy atom. The van der Waals surface area contributed by atoms with E-state index in [1.807, 2.05) is 0 Å². The Balaban J connectivity index is -0.000000300. The molecule has 0 aromatic carbocycles. The van der Waals surface area contributed by atoms with E-state index in [4.69, 9.17) is 199 Å². The van der Waals surface area contributed by atoms with E-state index < -0.39 is 34.2 Å². The molecular formula is C108H228MoO12P6S12. The van der Waals surface area contributed by atoms with Crippen molar-refractivity contribution in [1.82, 2.24) is 0 Å². The maximum Gasteiger partial charge on any atom is 6.00 e. The predicted molar refractivity (Wildman–Crippen MR) is 657 cm³/mol. The van der Waals surface area contributed by atoms with E-state index in [0.29, 0.717) is 79.3 Å². The second kappa shape index (κ2) is 131. The number of unbranched alkanes of at least 4 members (excludes halogenated alkanes) is 72. The fraction of sp³-hybridized carbons (Fsp3) is 1.00. The van der Waals surface area contributed by atoms with Crippen molar-refractivity contribution in [3.63, 3.8) is 0 Å². The van der Waals surface area contributed by atoms with Crippen LogP contribution in [0.25, 0.3) is 0 Å². The van der Waals surface area contributed by atoms with E-state index >= 15 is 0 Å². The van der Waals surface area contributed by atoms with Crippen LogP contribution in [-0.2, 0) is 220 Å². The molecule has 0 rings (SSSR count). The van der Waals surface area contributed by atoms with Crippen molar-refractivity contribution >= 4 is 178 Å². The summed E-state index contributed by atoms with van der Waals surface area (Å²) in [5.74, 6) is 0. The van der Waals surface area contributed by atoms with Crippen LogP contribution < -0.4 is 0 Å². The summed E-state index contributed by atoms with van der Waals surface area (Å²) in [4.78, 5) is 0. The molecule has 139 heavy (non-hydrogen) atoms. The van der Waals surface area contributed by atoms with Crippen LogP contribution in [-0.4, -0.2) is 79.3 Å². The van der Waals surface area contributed by atoms with Crippen LogP contribution in [0.3, 0.4) is 0 Å². The van der Waals surface area contributed by atoms with Gasteiger partial charge in [0.25, 0.3) is 0 Å². The molecule has 0 saturated heterocycles. The van der Waals surface area contributed by atoms with Gasteiger partial charge in [-0.15, -0.1) is 0 Å². The third kappa shape index (κ3) is 153. The van der Waals surface area contributed by atoms with Crippen LogP contribution in [0.15, 0.2) is 0 Å². The quantitative estimate of drug-likeness (QED) is 0.0249. The molecule has 12 nitrogen and oxygen atoms in total. The summed E-state index contributed by atoms with van der Waals surface area (Å²) in [5.41, 5.74) is -14.4. The van der Waals surface area contributed by atoms with Crippen LogP contribution >= 0.6 is 34.2 Å². The van der Waals surface area contributed by atoms with Crippen LogP contribution in [0.2, 0.25) is 0 Å². The van der Waals surface area contributed by atoms with Gasteiger partial charge in [-0.2, -0.15) is 0 Å². The minimum Gasteiger partial charge on any atom is -0.691 e. The molecule has 0 aliphatic carbocycles. The zero-order chi connectivity index (χ0) is 103. The third-order valence-electron chi connectivity index (χ3n) is 24.0. The molecular weight excluding hydrogens is 2160 g/mol. The molecule has 0 unspecified atom stereocenters. The first kappa shape index (κ1) is 158. The summed E-state index contributed by atoms with van der Waals surface area (Å²) in [6.45, 7) is 35.0. The predicted octanol–water partition coefficient (Wildman–Crippen LogP) is 43.8. The maximum absolute atomic E-state index is 5.64. The Labute approximate surface area is 946 Å². The van der Waals surface area contributed by atoms with Gasteiger partial charge in [-0.25, -0.2) is 0 Å². The molecule has 0 bridgehead atoms. The molecule has 31 heteroatoms. The van der Waals surface area contributed by atoms with Crippen molar-refractivity contribution in [3.05, 3.63) is 0 Å². The van der Waals surface area contributed by atoms with E-state index in [9.17, 15) is 0 Å². The van der Waals surface area contributed by atoms with Gasteiger partial charge in [0.05, 0.1) is 113 Å². The van der Waals surface area contributed by atoms with Gasteiger partial charge in [-0.05, 0) is 77.0 Å². The van der Waals surface area contributed by atoms with Gasteiger partial charge >= 0.3 is 21.1 Å². The van der Waals surface area contributed by atoms with Gasteiger partial charge in [0, 0.05) is 0 Å². The first-order valence-corrected chi connectivity index (χ1v) is 80.2. The first-order chi connectivity index (χ1) is 66.7. The Hall–Kier alpha value is 6.21. The van der Waals surface area contributed by atoms with Crippen LogP contribution in [0.5, 0.6) is 0 Å². The molecule has 0 spiro atoms. The topological polar surface area (TPSA) is 111 Å². The van der Waals surface area contributed by atoms with E-state index in [2.05, 4.69) is 83.1 Å². The fourth-order valence-corrected chi connectivity index (χ4v) is 25.1. The Morgan fingerprint density at radius 3 is 0.216 bits per heavy atom. The van der Waals surface area contributed by atoms with Gasteiger partial charge in [0.15, 0.2) is 0 Å². The second-order valence-corrected chi connectivity index (χ2v) is 68.1. The number of hydrogen-bond acceptors (Lipinski definition) is 24. The van der Waals surface area contributed by atoms with Gasteiger partial charge in [-0.3, -0.25) is 0 Å². The SMILES string of the molecule is CCCCCCCCCOP(=S)([S-])OCCCCCCCCC.CCCCCCCCCOP(=S)([S-])OCCCCCCCCC.CCCCCCCCCOP(=S)([S-])OCCCCCCCCC.CCCCCCCCCOP(=S)([S-])OCCCCCCCCC.CCCCCCCCCOP(=S)([S-])OCCCCCCCCC.CCCCCCCCCOP(=S)([S-])OCCCCCCCCC.[Mo+6]. The van der Waals surface area contributed by atoms with Gasteiger partial charge in [0.2, 0.25) is 0 Å². The van der Waals surface area contributed by atoms with E-state index in [1.54, 1.807) is 0 Å². The van der Waals surface area contributed by atoms with Gasteiger partial charge in [-0.1, -0.05) is 616 Å². The molecule has 0 saturated carbocycles. The minimum atomic E-state index is -2.41. The Kier molecular flexibility index (Phi) is 149. The third-order valence-corrected chi connectivity index (χ3v) is 37.5. The fourth-order valence-electron chi connectivity index (χ4n) is 15.0. The normalized spacial score (nSPS) is 11.9. The van der Waals surface area contributed by atoms with Crippen molar-refractivity contribution < 1.29 is 75.4 Å². The summed E-state index contributed by atoms with van der Waals surface area (Å²) < 4.78 is 67.6. The molecule has 0 aliphatic heterocycles. The smallest absolute Gasteiger partial charge is 0.691 e. The van der Waals surface area contributed by atoms with Crippen LogP contribution in [0.1, 0.15) is 622 Å². The summed E-state index contributed by atoms with van der Waals surface area (Å²) in [6.07, 6.45) is 107. The number of hydrogen-bond donors (Lipinski definition) is 0. The molecule has 0 heterocycles. The summed E-state index contributed by atoms with van der Waals surface area (Å²) >= 11 is 63.5. The first-order valence-electron chi connectivity index (χ1n) is 58.3. The van der Waals surface area contributed by atoms with Crippen LogP contribution in [0.4, 0.5) is 0 Å². The summed E-state index contributed by atoms with van der Waals surface area (Å²) in [7, 11) is 0. The zero-order valence-corrected chi connectivity index (χ0v) is 110. The summed E-state index contributed by atoms with van der Waals surface area (Å²) in [6, 6.07) is 0. The molecule has 0 fully saturated rings. The minimum absolute atomic E-state index is 0. The molecule has 0 aliphatic rings.